The van der Waals surface area contributed by atoms with Crippen molar-refractivity contribution in [3.63, 3.8) is 0 Å². The molecule has 1 amide bonds. The zero-order chi connectivity index (χ0) is 14.7. The van der Waals surface area contributed by atoms with Crippen molar-refractivity contribution in [1.29, 1.82) is 0 Å². The molecule has 1 heterocycles. The van der Waals surface area contributed by atoms with Gasteiger partial charge in [-0.15, -0.1) is 0 Å². The van der Waals surface area contributed by atoms with Crippen LogP contribution in [-0.2, 0) is 6.54 Å². The van der Waals surface area contributed by atoms with Gasteiger partial charge in [0.1, 0.15) is 11.0 Å². The van der Waals surface area contributed by atoms with Gasteiger partial charge in [-0.25, -0.2) is 9.37 Å². The van der Waals surface area contributed by atoms with E-state index in [0.717, 1.165) is 0 Å². The van der Waals surface area contributed by atoms with Crippen LogP contribution in [0.2, 0.25) is 5.15 Å². The lowest BCUT2D eigenvalue weighted by Crippen LogP contribution is -2.23. The molecule has 0 spiro atoms. The molecule has 0 saturated carbocycles. The number of aryl methyl sites for hydroxylation is 1. The standard InChI is InChI=1S/C14H11BrClFN2O/c1-8-2-3-9(4-12(8)17)6-19-14(20)11-5-10(15)7-18-13(11)16/h2-5,7H,6H2,1H3,(H,19,20). The first kappa shape index (κ1) is 14.9. The number of rotatable bonds is 3. The molecule has 0 saturated heterocycles. The van der Waals surface area contributed by atoms with Crippen LogP contribution in [0.4, 0.5) is 4.39 Å². The van der Waals surface area contributed by atoms with E-state index in [1.54, 1.807) is 25.1 Å². The second-order valence-electron chi connectivity index (χ2n) is 4.26. The average molecular weight is 358 g/mol. The minimum absolute atomic E-state index is 0.126. The van der Waals surface area contributed by atoms with Crippen molar-refractivity contribution in [2.24, 2.45) is 0 Å². The number of carbonyl (C=O) groups excluding carboxylic acids is 1. The van der Waals surface area contributed by atoms with Crippen molar-refractivity contribution in [3.05, 3.63) is 62.6 Å². The summed E-state index contributed by atoms with van der Waals surface area (Å²) in [6, 6.07) is 6.42. The summed E-state index contributed by atoms with van der Waals surface area (Å²) in [5.41, 5.74) is 1.52. The second kappa shape index (κ2) is 6.33. The highest BCUT2D eigenvalue weighted by atomic mass is 79.9. The van der Waals surface area contributed by atoms with E-state index in [1.807, 2.05) is 0 Å². The normalized spacial score (nSPS) is 10.4. The van der Waals surface area contributed by atoms with Gasteiger partial charge in [0, 0.05) is 17.2 Å². The first-order valence-corrected chi connectivity index (χ1v) is 6.99. The summed E-state index contributed by atoms with van der Waals surface area (Å²) in [4.78, 5) is 15.9. The Morgan fingerprint density at radius 1 is 1.45 bits per heavy atom. The van der Waals surface area contributed by atoms with Crippen molar-refractivity contribution < 1.29 is 9.18 Å². The van der Waals surface area contributed by atoms with E-state index in [2.05, 4.69) is 26.2 Å². The molecule has 0 unspecified atom stereocenters. The van der Waals surface area contributed by atoms with E-state index in [-0.39, 0.29) is 29.0 Å². The summed E-state index contributed by atoms with van der Waals surface area (Å²) in [6.45, 7) is 1.91. The monoisotopic (exact) mass is 356 g/mol. The first-order chi connectivity index (χ1) is 9.47. The summed E-state index contributed by atoms with van der Waals surface area (Å²) < 4.78 is 14.1. The summed E-state index contributed by atoms with van der Waals surface area (Å²) in [5, 5.41) is 2.80. The van der Waals surface area contributed by atoms with E-state index < -0.39 is 0 Å². The number of carbonyl (C=O) groups is 1. The third-order valence-electron chi connectivity index (χ3n) is 2.74. The third-order valence-corrected chi connectivity index (χ3v) is 3.47. The fourth-order valence-corrected chi connectivity index (χ4v) is 2.13. The molecule has 1 aromatic heterocycles. The maximum Gasteiger partial charge on any atom is 0.254 e. The highest BCUT2D eigenvalue weighted by Crippen LogP contribution is 2.18. The van der Waals surface area contributed by atoms with Gasteiger partial charge in [0.15, 0.2) is 0 Å². The van der Waals surface area contributed by atoms with Gasteiger partial charge in [0.25, 0.3) is 5.91 Å². The Bertz CT molecular complexity index is 664. The number of amides is 1. The van der Waals surface area contributed by atoms with Gasteiger partial charge in [-0.3, -0.25) is 4.79 Å². The molecule has 2 rings (SSSR count). The maximum atomic E-state index is 13.4. The maximum absolute atomic E-state index is 13.4. The van der Waals surface area contributed by atoms with Crippen LogP contribution in [-0.4, -0.2) is 10.9 Å². The number of nitrogens with zero attached hydrogens (tertiary/aromatic N) is 1. The van der Waals surface area contributed by atoms with E-state index in [9.17, 15) is 9.18 Å². The zero-order valence-electron chi connectivity index (χ0n) is 10.6. The van der Waals surface area contributed by atoms with Crippen LogP contribution in [0.3, 0.4) is 0 Å². The second-order valence-corrected chi connectivity index (χ2v) is 5.53. The topological polar surface area (TPSA) is 42.0 Å². The summed E-state index contributed by atoms with van der Waals surface area (Å²) in [7, 11) is 0. The number of nitrogens with one attached hydrogen (secondary N) is 1. The number of benzene rings is 1. The predicted octanol–water partition coefficient (Wildman–Crippen LogP) is 3.88. The molecular weight excluding hydrogens is 347 g/mol. The van der Waals surface area contributed by atoms with Gasteiger partial charge in [0.05, 0.1) is 5.56 Å². The molecule has 104 valence electrons. The van der Waals surface area contributed by atoms with Crippen LogP contribution in [0.1, 0.15) is 21.5 Å². The molecule has 6 heteroatoms. The molecule has 0 radical (unpaired) electrons. The van der Waals surface area contributed by atoms with Crippen molar-refractivity contribution in [1.82, 2.24) is 10.3 Å². The highest BCUT2D eigenvalue weighted by molar-refractivity contribution is 9.10. The lowest BCUT2D eigenvalue weighted by atomic mass is 10.1. The van der Waals surface area contributed by atoms with E-state index in [0.29, 0.717) is 15.6 Å². The molecule has 1 aromatic carbocycles. The Morgan fingerprint density at radius 2 is 2.20 bits per heavy atom. The Labute approximate surface area is 129 Å². The molecule has 3 nitrogen and oxygen atoms in total. The molecule has 0 bridgehead atoms. The number of hydrogen-bond donors (Lipinski definition) is 1. The van der Waals surface area contributed by atoms with Gasteiger partial charge < -0.3 is 5.32 Å². The van der Waals surface area contributed by atoms with Crippen LogP contribution < -0.4 is 5.32 Å². The number of pyridine rings is 1. The highest BCUT2D eigenvalue weighted by Gasteiger charge is 2.12. The van der Waals surface area contributed by atoms with E-state index in [1.165, 1.54) is 12.3 Å². The van der Waals surface area contributed by atoms with Crippen LogP contribution in [0, 0.1) is 12.7 Å². The molecule has 0 fully saturated rings. The predicted molar refractivity (Wildman–Crippen MR) is 79.3 cm³/mol. The van der Waals surface area contributed by atoms with Crippen molar-refractivity contribution in [3.8, 4) is 0 Å². The number of hydrogen-bond acceptors (Lipinski definition) is 2. The molecule has 0 aliphatic rings. The van der Waals surface area contributed by atoms with Crippen LogP contribution in [0.15, 0.2) is 34.9 Å². The van der Waals surface area contributed by atoms with Gasteiger partial charge in [-0.05, 0) is 46.1 Å². The van der Waals surface area contributed by atoms with Gasteiger partial charge >= 0.3 is 0 Å². The summed E-state index contributed by atoms with van der Waals surface area (Å²) >= 11 is 9.09. The number of aromatic nitrogens is 1. The molecule has 0 aliphatic heterocycles. The number of halogens is 3. The van der Waals surface area contributed by atoms with Crippen LogP contribution >= 0.6 is 27.5 Å². The van der Waals surface area contributed by atoms with Crippen LogP contribution in [0.25, 0.3) is 0 Å². The SMILES string of the molecule is Cc1ccc(CNC(=O)c2cc(Br)cnc2Cl)cc1F. The molecule has 1 N–H and O–H groups in total. The Morgan fingerprint density at radius 3 is 2.90 bits per heavy atom. The minimum Gasteiger partial charge on any atom is -0.348 e. The summed E-state index contributed by atoms with van der Waals surface area (Å²) in [6.07, 6.45) is 1.51. The third kappa shape index (κ3) is 3.55. The molecule has 20 heavy (non-hydrogen) atoms. The minimum atomic E-state index is -0.357. The Balaban J connectivity index is 2.08. The van der Waals surface area contributed by atoms with Gasteiger partial charge in [-0.2, -0.15) is 0 Å². The lowest BCUT2D eigenvalue weighted by molar-refractivity contribution is 0.0950. The van der Waals surface area contributed by atoms with Gasteiger partial charge in [0.2, 0.25) is 0 Å². The van der Waals surface area contributed by atoms with Crippen molar-refractivity contribution in [2.75, 3.05) is 0 Å². The molecule has 0 aliphatic carbocycles. The average Bonchev–Trinajstić information content (AvgIpc) is 2.42. The van der Waals surface area contributed by atoms with E-state index in [4.69, 9.17) is 11.6 Å². The zero-order valence-corrected chi connectivity index (χ0v) is 12.9. The van der Waals surface area contributed by atoms with Gasteiger partial charge in [-0.1, -0.05) is 23.7 Å². The summed E-state index contributed by atoms with van der Waals surface area (Å²) in [5.74, 6) is -0.649. The van der Waals surface area contributed by atoms with Crippen LogP contribution in [0.5, 0.6) is 0 Å². The molecule has 2 aromatic rings. The van der Waals surface area contributed by atoms with Crippen molar-refractivity contribution >= 4 is 33.4 Å². The largest absolute Gasteiger partial charge is 0.348 e. The molecule has 0 atom stereocenters. The Kier molecular flexibility index (Phi) is 4.73. The quantitative estimate of drug-likeness (QED) is 0.847. The lowest BCUT2D eigenvalue weighted by Gasteiger charge is -2.07. The van der Waals surface area contributed by atoms with Crippen molar-refractivity contribution in [2.45, 2.75) is 13.5 Å². The smallest absolute Gasteiger partial charge is 0.254 e. The first-order valence-electron chi connectivity index (χ1n) is 5.81. The fraction of sp³-hybridized carbons (Fsp3) is 0.143. The van der Waals surface area contributed by atoms with E-state index >= 15 is 0 Å². The molecular formula is C14H11BrClFN2O. The fourth-order valence-electron chi connectivity index (χ4n) is 1.61. The Hall–Kier alpha value is -1.46.